The van der Waals surface area contributed by atoms with Crippen LogP contribution in [0.2, 0.25) is 0 Å². The van der Waals surface area contributed by atoms with Gasteiger partial charge in [0.25, 0.3) is 0 Å². The summed E-state index contributed by atoms with van der Waals surface area (Å²) >= 11 is 2.35. The Kier molecular flexibility index (Phi) is 11.4. The fourth-order valence-corrected chi connectivity index (χ4v) is 5.97. The smallest absolute Gasteiger partial charge is 0.370 e. The zero-order valence-electron chi connectivity index (χ0n) is 15.7. The molecule has 0 radical (unpaired) electrons. The molecule has 0 amide bonds. The first-order valence-corrected chi connectivity index (χ1v) is 12.1. The minimum atomic E-state index is -2.86. The average molecular weight is 464 g/mol. The van der Waals surface area contributed by atoms with E-state index in [9.17, 15) is 0 Å². The summed E-state index contributed by atoms with van der Waals surface area (Å²) in [6.07, 6.45) is 6.43. The first-order valence-electron chi connectivity index (χ1n) is 9.28. The lowest BCUT2D eigenvalue weighted by Crippen LogP contribution is -2.58. The lowest BCUT2D eigenvalue weighted by atomic mass is 10.2. The van der Waals surface area contributed by atoms with Crippen LogP contribution >= 0.6 is 22.6 Å². The summed E-state index contributed by atoms with van der Waals surface area (Å²) in [6, 6.07) is 6.46. The highest BCUT2D eigenvalue weighted by atomic mass is 127. The molecule has 0 saturated heterocycles. The second-order valence-corrected chi connectivity index (χ2v) is 9.88. The van der Waals surface area contributed by atoms with E-state index < -0.39 is 8.80 Å². The third kappa shape index (κ3) is 7.12. The predicted molar refractivity (Wildman–Crippen MR) is 112 cm³/mol. The summed E-state index contributed by atoms with van der Waals surface area (Å²) in [6.45, 7) is 10.8. The number of hydrogen-bond donors (Lipinski definition) is 0. The fraction of sp³-hybridized carbons (Fsp3) is 0.684. The Balaban J connectivity index is 3.11. The van der Waals surface area contributed by atoms with E-state index in [1.165, 1.54) is 9.13 Å². The standard InChI is InChI=1S/C19H33IO3Si/c1-5-8-13-21-24(22-14-9-6-2,23-15-10-7-3)19-16-18(20)12-11-17(19)4/h11-12,16H,5-10,13-15H2,1-4H3. The molecule has 0 bridgehead atoms. The molecular weight excluding hydrogens is 431 g/mol. The summed E-state index contributed by atoms with van der Waals surface area (Å²) in [4.78, 5) is 0. The topological polar surface area (TPSA) is 27.7 Å². The van der Waals surface area contributed by atoms with Crippen molar-refractivity contribution in [1.82, 2.24) is 0 Å². The van der Waals surface area contributed by atoms with Gasteiger partial charge in [0, 0.05) is 28.6 Å². The highest BCUT2D eigenvalue weighted by Gasteiger charge is 2.45. The molecule has 0 saturated carbocycles. The van der Waals surface area contributed by atoms with E-state index in [4.69, 9.17) is 13.3 Å². The summed E-state index contributed by atoms with van der Waals surface area (Å²) in [5.74, 6) is 0. The van der Waals surface area contributed by atoms with Gasteiger partial charge in [-0.05, 0) is 66.5 Å². The van der Waals surface area contributed by atoms with Gasteiger partial charge in [0.2, 0.25) is 0 Å². The third-order valence-electron chi connectivity index (χ3n) is 3.90. The van der Waals surface area contributed by atoms with Gasteiger partial charge in [-0.15, -0.1) is 0 Å². The molecule has 0 aliphatic carbocycles. The average Bonchev–Trinajstić information content (AvgIpc) is 2.57. The van der Waals surface area contributed by atoms with Crippen molar-refractivity contribution >= 4 is 36.6 Å². The lowest BCUT2D eigenvalue weighted by molar-refractivity contribution is 0.0699. The van der Waals surface area contributed by atoms with E-state index in [0.29, 0.717) is 19.8 Å². The van der Waals surface area contributed by atoms with Crippen LogP contribution in [0.1, 0.15) is 64.9 Å². The highest BCUT2D eigenvalue weighted by molar-refractivity contribution is 14.1. The number of halogens is 1. The predicted octanol–water partition coefficient (Wildman–Crippen LogP) is 5.20. The molecule has 5 heteroatoms. The second-order valence-electron chi connectivity index (χ2n) is 6.12. The Morgan fingerprint density at radius 2 is 1.29 bits per heavy atom. The SMILES string of the molecule is CCCCO[Si](OCCCC)(OCCCC)c1cc(I)ccc1C. The molecule has 0 atom stereocenters. The van der Waals surface area contributed by atoms with Crippen LogP contribution in [-0.4, -0.2) is 28.6 Å². The number of rotatable bonds is 13. The van der Waals surface area contributed by atoms with Crippen molar-refractivity contribution in [2.75, 3.05) is 19.8 Å². The Bertz CT molecular complexity index is 441. The molecule has 1 aromatic rings. The first kappa shape index (κ1) is 22.1. The zero-order valence-corrected chi connectivity index (χ0v) is 18.9. The monoisotopic (exact) mass is 464 g/mol. The molecule has 3 nitrogen and oxygen atoms in total. The largest absolute Gasteiger partial charge is 0.537 e. The molecule has 0 aromatic heterocycles. The maximum Gasteiger partial charge on any atom is 0.537 e. The summed E-state index contributed by atoms with van der Waals surface area (Å²) in [7, 11) is -2.86. The molecule has 0 aliphatic rings. The number of hydrogen-bond acceptors (Lipinski definition) is 3. The van der Waals surface area contributed by atoms with Gasteiger partial charge in [0.1, 0.15) is 0 Å². The van der Waals surface area contributed by atoms with Crippen LogP contribution in [0.25, 0.3) is 0 Å². The van der Waals surface area contributed by atoms with E-state index >= 15 is 0 Å². The highest BCUT2D eigenvalue weighted by Crippen LogP contribution is 2.18. The summed E-state index contributed by atoms with van der Waals surface area (Å²) < 4.78 is 20.3. The molecule has 1 aromatic carbocycles. The van der Waals surface area contributed by atoms with Crippen LogP contribution in [0.3, 0.4) is 0 Å². The maximum atomic E-state index is 6.38. The minimum absolute atomic E-state index is 0.700. The van der Waals surface area contributed by atoms with Crippen molar-refractivity contribution in [3.8, 4) is 0 Å². The van der Waals surface area contributed by atoms with E-state index in [-0.39, 0.29) is 0 Å². The first-order chi connectivity index (χ1) is 11.6. The maximum absolute atomic E-state index is 6.38. The molecule has 0 aliphatic heterocycles. The molecule has 24 heavy (non-hydrogen) atoms. The van der Waals surface area contributed by atoms with Crippen molar-refractivity contribution in [3.63, 3.8) is 0 Å². The van der Waals surface area contributed by atoms with Gasteiger partial charge >= 0.3 is 8.80 Å². The van der Waals surface area contributed by atoms with E-state index in [2.05, 4.69) is 68.5 Å². The zero-order chi connectivity index (χ0) is 17.8. The van der Waals surface area contributed by atoms with Crippen LogP contribution < -0.4 is 5.19 Å². The lowest BCUT2D eigenvalue weighted by Gasteiger charge is -2.31. The van der Waals surface area contributed by atoms with Crippen LogP contribution in [0.4, 0.5) is 0 Å². The van der Waals surface area contributed by atoms with Crippen LogP contribution in [0.15, 0.2) is 18.2 Å². The van der Waals surface area contributed by atoms with Gasteiger partial charge in [-0.1, -0.05) is 46.1 Å². The quantitative estimate of drug-likeness (QED) is 0.228. The Hall–Kier alpha value is 0.0469. The number of benzene rings is 1. The Morgan fingerprint density at radius 1 is 0.833 bits per heavy atom. The van der Waals surface area contributed by atoms with Crippen molar-refractivity contribution in [2.24, 2.45) is 0 Å². The summed E-state index contributed by atoms with van der Waals surface area (Å²) in [5.41, 5.74) is 1.20. The molecule has 0 heterocycles. The van der Waals surface area contributed by atoms with Gasteiger partial charge < -0.3 is 13.3 Å². The second kappa shape index (κ2) is 12.4. The van der Waals surface area contributed by atoms with Crippen molar-refractivity contribution in [2.45, 2.75) is 66.2 Å². The van der Waals surface area contributed by atoms with Gasteiger partial charge in [0.15, 0.2) is 0 Å². The van der Waals surface area contributed by atoms with Crippen molar-refractivity contribution in [1.29, 1.82) is 0 Å². The van der Waals surface area contributed by atoms with Crippen LogP contribution in [0.5, 0.6) is 0 Å². The van der Waals surface area contributed by atoms with Crippen molar-refractivity contribution in [3.05, 3.63) is 27.3 Å². The van der Waals surface area contributed by atoms with Crippen LogP contribution in [-0.2, 0) is 13.3 Å². The van der Waals surface area contributed by atoms with E-state index in [0.717, 1.165) is 43.7 Å². The number of unbranched alkanes of at least 4 members (excludes halogenated alkanes) is 3. The van der Waals surface area contributed by atoms with Crippen LogP contribution in [0, 0.1) is 10.5 Å². The molecule has 0 fully saturated rings. The summed E-state index contributed by atoms with van der Waals surface area (Å²) in [5, 5.41) is 1.14. The van der Waals surface area contributed by atoms with E-state index in [1.54, 1.807) is 0 Å². The minimum Gasteiger partial charge on any atom is -0.370 e. The van der Waals surface area contributed by atoms with Gasteiger partial charge in [-0.25, -0.2) is 0 Å². The normalized spacial score (nSPS) is 11.9. The van der Waals surface area contributed by atoms with Gasteiger partial charge in [0.05, 0.1) is 0 Å². The number of aryl methyl sites for hydroxylation is 1. The fourth-order valence-electron chi connectivity index (χ4n) is 2.33. The Labute approximate surface area is 163 Å². The van der Waals surface area contributed by atoms with Gasteiger partial charge in [-0.2, -0.15) is 0 Å². The molecule has 138 valence electrons. The van der Waals surface area contributed by atoms with Crippen molar-refractivity contribution < 1.29 is 13.3 Å². The van der Waals surface area contributed by atoms with Gasteiger partial charge in [-0.3, -0.25) is 0 Å². The molecule has 0 N–H and O–H groups in total. The molecule has 0 spiro atoms. The van der Waals surface area contributed by atoms with E-state index in [1.807, 2.05) is 0 Å². The Morgan fingerprint density at radius 3 is 1.71 bits per heavy atom. The third-order valence-corrected chi connectivity index (χ3v) is 7.52. The molecule has 0 unspecified atom stereocenters. The molecular formula is C19H33IO3Si. The molecule has 1 rings (SSSR count).